The number of benzene rings is 1. The minimum atomic E-state index is -3.33. The minimum Gasteiger partial charge on any atom is -0.335 e. The van der Waals surface area contributed by atoms with Crippen molar-refractivity contribution < 1.29 is 21.4 Å². The standard InChI is InChI=1S/C20H30N4O5S2/c1-20(2,3)31(27,28)21-13-14-5-9-16(10-6-14)22-19-23-18(24-29-19)15-7-11-17(12-8-15)30(4,25)26/h7-8,11-12,14,16,21H,5-6,9-10,13H2,1-4H3,(H,22,23,24). The summed E-state index contributed by atoms with van der Waals surface area (Å²) in [5.41, 5.74) is 0.666. The quantitative estimate of drug-likeness (QED) is 0.631. The van der Waals surface area contributed by atoms with Crippen LogP contribution >= 0.6 is 0 Å². The van der Waals surface area contributed by atoms with Crippen molar-refractivity contribution in [2.45, 2.75) is 62.1 Å². The van der Waals surface area contributed by atoms with Crippen LogP contribution in [0.1, 0.15) is 46.5 Å². The van der Waals surface area contributed by atoms with Crippen molar-refractivity contribution in [2.75, 3.05) is 18.1 Å². The molecule has 3 rings (SSSR count). The molecule has 1 heterocycles. The number of hydrogen-bond acceptors (Lipinski definition) is 8. The van der Waals surface area contributed by atoms with Crippen LogP contribution in [0.5, 0.6) is 0 Å². The van der Waals surface area contributed by atoms with Gasteiger partial charge in [0.1, 0.15) is 0 Å². The second-order valence-corrected chi connectivity index (χ2v) is 13.6. The van der Waals surface area contributed by atoms with E-state index in [0.29, 0.717) is 29.9 Å². The van der Waals surface area contributed by atoms with E-state index in [0.717, 1.165) is 31.9 Å². The predicted octanol–water partition coefficient (Wildman–Crippen LogP) is 2.83. The maximum absolute atomic E-state index is 12.2. The highest BCUT2D eigenvalue weighted by Gasteiger charge is 2.30. The Balaban J connectivity index is 1.51. The molecule has 0 saturated heterocycles. The third-order valence-electron chi connectivity index (χ3n) is 5.51. The first-order chi connectivity index (χ1) is 14.3. The van der Waals surface area contributed by atoms with Gasteiger partial charge < -0.3 is 9.84 Å². The van der Waals surface area contributed by atoms with Crippen molar-refractivity contribution in [2.24, 2.45) is 5.92 Å². The zero-order valence-electron chi connectivity index (χ0n) is 18.3. The Labute approximate surface area is 184 Å². The number of aromatic nitrogens is 2. The molecule has 1 fully saturated rings. The van der Waals surface area contributed by atoms with Gasteiger partial charge in [0.25, 0.3) is 0 Å². The van der Waals surface area contributed by atoms with Crippen molar-refractivity contribution in [1.29, 1.82) is 0 Å². The predicted molar refractivity (Wildman–Crippen MR) is 119 cm³/mol. The second-order valence-electron chi connectivity index (χ2n) is 9.05. The highest BCUT2D eigenvalue weighted by atomic mass is 32.2. The average molecular weight is 471 g/mol. The van der Waals surface area contributed by atoms with E-state index < -0.39 is 24.6 Å². The van der Waals surface area contributed by atoms with Gasteiger partial charge >= 0.3 is 6.01 Å². The first-order valence-corrected chi connectivity index (χ1v) is 13.6. The van der Waals surface area contributed by atoms with E-state index in [1.54, 1.807) is 32.9 Å². The van der Waals surface area contributed by atoms with E-state index in [1.165, 1.54) is 12.1 Å². The molecule has 2 aromatic rings. The van der Waals surface area contributed by atoms with Crippen molar-refractivity contribution in [3.05, 3.63) is 24.3 Å². The van der Waals surface area contributed by atoms with E-state index >= 15 is 0 Å². The van der Waals surface area contributed by atoms with Gasteiger partial charge in [-0.2, -0.15) is 4.98 Å². The van der Waals surface area contributed by atoms with Gasteiger partial charge in [-0.25, -0.2) is 21.6 Å². The molecule has 1 saturated carbocycles. The number of hydrogen-bond donors (Lipinski definition) is 2. The molecular formula is C20H30N4O5S2. The van der Waals surface area contributed by atoms with Crippen molar-refractivity contribution >= 4 is 25.9 Å². The van der Waals surface area contributed by atoms with Gasteiger partial charge in [-0.05, 0) is 76.6 Å². The summed E-state index contributed by atoms with van der Waals surface area (Å²) in [6, 6.07) is 6.83. The van der Waals surface area contributed by atoms with E-state index in [4.69, 9.17) is 4.52 Å². The number of anilines is 1. The minimum absolute atomic E-state index is 0.177. The lowest BCUT2D eigenvalue weighted by atomic mass is 9.86. The number of sulfonamides is 1. The van der Waals surface area contributed by atoms with Crippen molar-refractivity contribution in [3.63, 3.8) is 0 Å². The van der Waals surface area contributed by atoms with Crippen LogP contribution in [-0.2, 0) is 19.9 Å². The van der Waals surface area contributed by atoms with Crippen LogP contribution in [0.3, 0.4) is 0 Å². The van der Waals surface area contributed by atoms with E-state index in [1.807, 2.05) is 0 Å². The first kappa shape index (κ1) is 23.7. The van der Waals surface area contributed by atoms with Gasteiger partial charge in [0.05, 0.1) is 9.64 Å². The summed E-state index contributed by atoms with van der Waals surface area (Å²) >= 11 is 0. The van der Waals surface area contributed by atoms with Crippen molar-refractivity contribution in [1.82, 2.24) is 14.9 Å². The molecule has 2 N–H and O–H groups in total. The summed E-state index contributed by atoms with van der Waals surface area (Å²) in [5.74, 6) is 0.689. The number of nitrogens with zero attached hydrogens (tertiary/aromatic N) is 2. The monoisotopic (exact) mass is 470 g/mol. The summed E-state index contributed by atoms with van der Waals surface area (Å²) < 4.78 is 54.8. The fourth-order valence-corrected chi connectivity index (χ4v) is 4.90. The number of rotatable bonds is 7. The molecule has 0 bridgehead atoms. The van der Waals surface area contributed by atoms with Crippen LogP contribution in [0.2, 0.25) is 0 Å². The van der Waals surface area contributed by atoms with Crippen LogP contribution in [0.4, 0.5) is 6.01 Å². The van der Waals surface area contributed by atoms with Gasteiger partial charge in [0, 0.05) is 24.4 Å². The van der Waals surface area contributed by atoms with Crippen LogP contribution in [0.25, 0.3) is 11.4 Å². The lowest BCUT2D eigenvalue weighted by Crippen LogP contribution is -2.42. The van der Waals surface area contributed by atoms with E-state index in [9.17, 15) is 16.8 Å². The molecule has 0 spiro atoms. The highest BCUT2D eigenvalue weighted by molar-refractivity contribution is 7.91. The number of nitrogens with one attached hydrogen (secondary N) is 2. The molecule has 0 unspecified atom stereocenters. The molecule has 172 valence electrons. The van der Waals surface area contributed by atoms with Crippen molar-refractivity contribution in [3.8, 4) is 11.4 Å². The third-order valence-corrected chi connectivity index (χ3v) is 8.80. The Morgan fingerprint density at radius 1 is 1.03 bits per heavy atom. The Bertz CT molecular complexity index is 1100. The van der Waals surface area contributed by atoms with E-state index in [2.05, 4.69) is 20.2 Å². The largest absolute Gasteiger partial charge is 0.335 e. The molecule has 1 aliphatic carbocycles. The third kappa shape index (κ3) is 6.05. The molecule has 0 radical (unpaired) electrons. The summed E-state index contributed by atoms with van der Waals surface area (Å²) in [4.78, 5) is 4.59. The smallest absolute Gasteiger partial charge is 0.322 e. The fourth-order valence-electron chi connectivity index (χ4n) is 3.38. The fraction of sp³-hybridized carbons (Fsp3) is 0.600. The molecule has 1 aliphatic rings. The molecule has 1 aromatic heterocycles. The molecule has 11 heteroatoms. The maximum atomic E-state index is 12.2. The molecule has 0 atom stereocenters. The summed E-state index contributed by atoms with van der Waals surface area (Å²) in [7, 11) is -6.58. The van der Waals surface area contributed by atoms with Gasteiger partial charge in [-0.15, -0.1) is 0 Å². The highest BCUT2D eigenvalue weighted by Crippen LogP contribution is 2.27. The second kappa shape index (κ2) is 8.87. The average Bonchev–Trinajstić information content (AvgIpc) is 3.14. The Kier molecular flexibility index (Phi) is 6.78. The summed E-state index contributed by atoms with van der Waals surface area (Å²) in [6.07, 6.45) is 4.72. The van der Waals surface area contributed by atoms with E-state index in [-0.39, 0.29) is 10.9 Å². The van der Waals surface area contributed by atoms with Gasteiger partial charge in [0.15, 0.2) is 9.84 Å². The lowest BCUT2D eigenvalue weighted by Gasteiger charge is -2.29. The molecule has 31 heavy (non-hydrogen) atoms. The normalized spacial score (nSPS) is 20.5. The summed E-state index contributed by atoms with van der Waals surface area (Å²) in [5, 5.41) is 7.21. The van der Waals surface area contributed by atoms with Gasteiger partial charge in [-0.3, -0.25) is 0 Å². The van der Waals surface area contributed by atoms with Gasteiger partial charge in [0.2, 0.25) is 15.8 Å². The molecule has 0 aliphatic heterocycles. The summed E-state index contributed by atoms with van der Waals surface area (Å²) in [6.45, 7) is 5.53. The van der Waals surface area contributed by atoms with Crippen LogP contribution in [0, 0.1) is 5.92 Å². The Hall–Kier alpha value is -1.98. The molecule has 0 amide bonds. The maximum Gasteiger partial charge on any atom is 0.322 e. The van der Waals surface area contributed by atoms with Crippen LogP contribution in [0.15, 0.2) is 33.7 Å². The van der Waals surface area contributed by atoms with Crippen LogP contribution in [-0.4, -0.2) is 50.6 Å². The first-order valence-electron chi connectivity index (χ1n) is 10.2. The molecule has 1 aromatic carbocycles. The zero-order valence-corrected chi connectivity index (χ0v) is 19.9. The van der Waals surface area contributed by atoms with Gasteiger partial charge in [-0.1, -0.05) is 5.16 Å². The van der Waals surface area contributed by atoms with Crippen LogP contribution < -0.4 is 10.0 Å². The molecule has 9 nitrogen and oxygen atoms in total. The topological polar surface area (TPSA) is 131 Å². The Morgan fingerprint density at radius 2 is 1.65 bits per heavy atom. The SMILES string of the molecule is CC(C)(C)S(=O)(=O)NCC1CCC(Nc2nc(-c3ccc(S(C)(=O)=O)cc3)no2)CC1. The number of sulfone groups is 1. The Morgan fingerprint density at radius 3 is 2.19 bits per heavy atom. The zero-order chi connectivity index (χ0) is 22.9. The molecular weight excluding hydrogens is 440 g/mol. The lowest BCUT2D eigenvalue weighted by molar-refractivity contribution is 0.329.